The van der Waals surface area contributed by atoms with Crippen LogP contribution < -0.4 is 11.1 Å². The minimum atomic E-state index is -0.827. The first kappa shape index (κ1) is 23.5. The Morgan fingerprint density at radius 3 is 2.39 bits per heavy atom. The van der Waals surface area contributed by atoms with Crippen LogP contribution in [0.3, 0.4) is 0 Å². The molecule has 180 valence electrons. The van der Waals surface area contributed by atoms with Crippen LogP contribution >= 0.6 is 0 Å². The van der Waals surface area contributed by atoms with E-state index in [9.17, 15) is 14.3 Å². The number of benzene rings is 4. The van der Waals surface area contributed by atoms with Gasteiger partial charge in [-0.05, 0) is 57.6 Å². The topological polar surface area (TPSA) is 99.2 Å². The van der Waals surface area contributed by atoms with Crippen LogP contribution in [0.5, 0.6) is 0 Å². The maximum absolute atomic E-state index is 14.4. The first-order chi connectivity index (χ1) is 17.3. The quantitative estimate of drug-likeness (QED) is 0.232. The molecule has 0 saturated carbocycles. The normalized spacial score (nSPS) is 16.1. The van der Waals surface area contributed by atoms with Crippen LogP contribution in [0.2, 0.25) is 0 Å². The van der Waals surface area contributed by atoms with Gasteiger partial charge in [-0.1, -0.05) is 67.6 Å². The van der Waals surface area contributed by atoms with Crippen molar-refractivity contribution >= 4 is 11.7 Å². The fraction of sp³-hybridized carbons (Fsp3) is 0.133. The fourth-order valence-electron chi connectivity index (χ4n) is 4.87. The molecule has 0 fully saturated rings. The van der Waals surface area contributed by atoms with Crippen molar-refractivity contribution in [2.45, 2.75) is 25.5 Å². The molecule has 1 amide bonds. The highest BCUT2D eigenvalue weighted by Crippen LogP contribution is 2.43. The summed E-state index contributed by atoms with van der Waals surface area (Å²) in [5, 5.41) is 21.6. The van der Waals surface area contributed by atoms with Crippen molar-refractivity contribution in [3.63, 3.8) is 0 Å². The second-order valence-electron chi connectivity index (χ2n) is 9.09. The molecule has 2 atom stereocenters. The van der Waals surface area contributed by atoms with Gasteiger partial charge in [0, 0.05) is 29.2 Å². The zero-order chi connectivity index (χ0) is 25.4. The van der Waals surface area contributed by atoms with Gasteiger partial charge in [-0.2, -0.15) is 0 Å². The Bertz CT molecular complexity index is 1500. The predicted octanol–water partition coefficient (Wildman–Crippen LogP) is 5.25. The van der Waals surface area contributed by atoms with Crippen molar-refractivity contribution in [3.05, 3.63) is 130 Å². The second-order valence-corrected chi connectivity index (χ2v) is 9.09. The molecule has 0 saturated heterocycles. The zero-order valence-electron chi connectivity index (χ0n) is 19.8. The van der Waals surface area contributed by atoms with Crippen molar-refractivity contribution in [3.8, 4) is 11.1 Å². The molecular weight excluding hydrogens is 453 g/mol. The van der Waals surface area contributed by atoms with Gasteiger partial charge in [-0.15, -0.1) is 0 Å². The smallest absolute Gasteiger partial charge is 0.251 e. The van der Waals surface area contributed by atoms with E-state index in [1.807, 2.05) is 37.3 Å². The lowest BCUT2D eigenvalue weighted by Gasteiger charge is -2.30. The molecule has 1 aliphatic rings. The summed E-state index contributed by atoms with van der Waals surface area (Å²) < 4.78 is 14.4. The van der Waals surface area contributed by atoms with Crippen LogP contribution in [0.15, 0.2) is 84.9 Å². The van der Waals surface area contributed by atoms with Crippen LogP contribution in [0, 0.1) is 11.2 Å². The number of aliphatic hydroxyl groups is 1. The highest BCUT2D eigenvalue weighted by atomic mass is 19.1. The van der Waals surface area contributed by atoms with E-state index in [-0.39, 0.29) is 23.5 Å². The van der Waals surface area contributed by atoms with E-state index in [2.05, 4.69) is 5.32 Å². The molecule has 0 radical (unpaired) electrons. The first-order valence-electron chi connectivity index (χ1n) is 11.8. The molecule has 0 unspecified atom stereocenters. The molecule has 36 heavy (non-hydrogen) atoms. The summed E-state index contributed by atoms with van der Waals surface area (Å²) in [5.41, 5.74) is 12.1. The number of rotatable bonds is 5. The number of hydrogen-bond donors (Lipinski definition) is 4. The number of halogens is 1. The number of aliphatic hydroxyl groups excluding tert-OH is 1. The lowest BCUT2D eigenvalue weighted by Crippen LogP contribution is -2.24. The summed E-state index contributed by atoms with van der Waals surface area (Å²) in [6, 6.07) is 24.8. The van der Waals surface area contributed by atoms with Gasteiger partial charge in [0.25, 0.3) is 5.91 Å². The molecular formula is C30H26FN3O2. The Balaban J connectivity index is 1.41. The number of amides is 1. The first-order valence-corrected chi connectivity index (χ1v) is 11.8. The van der Waals surface area contributed by atoms with Crippen molar-refractivity contribution in [2.24, 2.45) is 5.73 Å². The number of carbonyl (C=O) groups is 1. The molecule has 1 aliphatic carbocycles. The number of nitrogens with one attached hydrogen (secondary N) is 2. The van der Waals surface area contributed by atoms with Crippen LogP contribution in [-0.2, 0) is 6.54 Å². The SMILES string of the molecule is C[C@H]1c2cc(C(=O)NCc3cccc(C(=N)N)c3)ccc2[C@@H](O)c2ccc(-c3ccccc3F)cc21. The lowest BCUT2D eigenvalue weighted by molar-refractivity contribution is 0.0950. The van der Waals surface area contributed by atoms with Crippen LogP contribution in [0.4, 0.5) is 4.39 Å². The van der Waals surface area contributed by atoms with Crippen molar-refractivity contribution in [1.82, 2.24) is 5.32 Å². The molecule has 5 N–H and O–H groups in total. The summed E-state index contributed by atoms with van der Waals surface area (Å²) >= 11 is 0. The Hall–Kier alpha value is -4.29. The maximum atomic E-state index is 14.4. The largest absolute Gasteiger partial charge is 0.384 e. The maximum Gasteiger partial charge on any atom is 0.251 e. The molecule has 0 aromatic heterocycles. The molecule has 4 aromatic rings. The minimum absolute atomic E-state index is 0.0242. The average Bonchev–Trinajstić information content (AvgIpc) is 2.90. The second kappa shape index (κ2) is 9.40. The van der Waals surface area contributed by atoms with Gasteiger partial charge < -0.3 is 16.2 Å². The number of carbonyl (C=O) groups excluding carboxylic acids is 1. The van der Waals surface area contributed by atoms with Gasteiger partial charge in [-0.3, -0.25) is 10.2 Å². The van der Waals surface area contributed by atoms with E-state index < -0.39 is 6.10 Å². The monoisotopic (exact) mass is 479 g/mol. The molecule has 0 heterocycles. The van der Waals surface area contributed by atoms with E-state index in [0.29, 0.717) is 23.2 Å². The van der Waals surface area contributed by atoms with Gasteiger partial charge in [-0.25, -0.2) is 4.39 Å². The molecule has 6 heteroatoms. The van der Waals surface area contributed by atoms with Crippen molar-refractivity contribution in [2.75, 3.05) is 0 Å². The molecule has 5 rings (SSSR count). The Morgan fingerprint density at radius 2 is 1.64 bits per heavy atom. The Morgan fingerprint density at radius 1 is 0.917 bits per heavy atom. The molecule has 0 aliphatic heterocycles. The standard InChI is InChI=1S/C30H26FN3O2/c1-17-25-14-19(22-7-2-3-8-27(22)31)9-11-23(25)28(35)24-12-10-21(15-26(17)24)30(36)34-16-18-5-4-6-20(13-18)29(32)33/h2-15,17,28,35H,16H2,1H3,(H3,32,33)(H,34,36)/t17-,28+/m1/s1. The molecule has 4 aromatic carbocycles. The number of nitrogens with two attached hydrogens (primary N) is 1. The van der Waals surface area contributed by atoms with Gasteiger partial charge in [0.15, 0.2) is 0 Å². The fourth-order valence-corrected chi connectivity index (χ4v) is 4.87. The van der Waals surface area contributed by atoms with Gasteiger partial charge in [0.1, 0.15) is 17.8 Å². The highest BCUT2D eigenvalue weighted by Gasteiger charge is 2.30. The summed E-state index contributed by atoms with van der Waals surface area (Å²) in [6.45, 7) is 2.33. The average molecular weight is 480 g/mol. The van der Waals surface area contributed by atoms with Gasteiger partial charge in [0.2, 0.25) is 0 Å². The minimum Gasteiger partial charge on any atom is -0.384 e. The number of amidine groups is 1. The summed E-state index contributed by atoms with van der Waals surface area (Å²) in [7, 11) is 0. The predicted molar refractivity (Wildman–Crippen MR) is 138 cm³/mol. The third kappa shape index (κ3) is 4.27. The van der Waals surface area contributed by atoms with Crippen LogP contribution in [0.25, 0.3) is 11.1 Å². The molecule has 0 spiro atoms. The molecule has 0 bridgehead atoms. The van der Waals surface area contributed by atoms with E-state index in [1.165, 1.54) is 6.07 Å². The van der Waals surface area contributed by atoms with Crippen molar-refractivity contribution in [1.29, 1.82) is 5.41 Å². The summed E-state index contributed by atoms with van der Waals surface area (Å²) in [6.07, 6.45) is -0.827. The summed E-state index contributed by atoms with van der Waals surface area (Å²) in [5.74, 6) is -0.651. The molecule has 5 nitrogen and oxygen atoms in total. The number of nitrogen functional groups attached to an aromatic ring is 1. The Labute approximate surface area is 208 Å². The number of hydrogen-bond acceptors (Lipinski definition) is 3. The van der Waals surface area contributed by atoms with E-state index >= 15 is 0 Å². The lowest BCUT2D eigenvalue weighted by atomic mass is 9.76. The van der Waals surface area contributed by atoms with Gasteiger partial charge >= 0.3 is 0 Å². The van der Waals surface area contributed by atoms with E-state index in [0.717, 1.165) is 33.4 Å². The highest BCUT2D eigenvalue weighted by molar-refractivity contribution is 5.95. The van der Waals surface area contributed by atoms with E-state index in [4.69, 9.17) is 11.1 Å². The number of fused-ring (bicyclic) bond motifs is 2. The van der Waals surface area contributed by atoms with Crippen LogP contribution in [0.1, 0.15) is 62.7 Å². The van der Waals surface area contributed by atoms with E-state index in [1.54, 1.807) is 48.5 Å². The third-order valence-corrected chi connectivity index (χ3v) is 6.83. The zero-order valence-corrected chi connectivity index (χ0v) is 19.8. The van der Waals surface area contributed by atoms with Gasteiger partial charge in [0.05, 0.1) is 0 Å². The van der Waals surface area contributed by atoms with Crippen LogP contribution in [-0.4, -0.2) is 16.8 Å². The van der Waals surface area contributed by atoms with Crippen molar-refractivity contribution < 1.29 is 14.3 Å². The third-order valence-electron chi connectivity index (χ3n) is 6.83. The summed E-state index contributed by atoms with van der Waals surface area (Å²) in [4.78, 5) is 13.0. The Kier molecular flexibility index (Phi) is 6.12.